The van der Waals surface area contributed by atoms with E-state index in [9.17, 15) is 27.6 Å². The number of fused-ring (bicyclic) bond motifs is 1. The monoisotopic (exact) mass is 795 g/mol. The van der Waals surface area contributed by atoms with E-state index in [1.54, 1.807) is 11.0 Å². The molecule has 0 bridgehead atoms. The second-order valence-electron chi connectivity index (χ2n) is 21.4. The third-order valence-electron chi connectivity index (χ3n) is 17.0. The van der Waals surface area contributed by atoms with E-state index < -0.39 is 55.4 Å². The maximum Gasteiger partial charge on any atom is 0.240 e. The molecule has 11 heteroatoms. The maximum atomic E-state index is 15.3. The second kappa shape index (κ2) is 14.3. The fourth-order valence-corrected chi connectivity index (χ4v) is 13.9. The molecule has 2 N–H and O–H groups in total. The van der Waals surface area contributed by atoms with Crippen LogP contribution in [0.5, 0.6) is 0 Å². The Hall–Kier alpha value is -2.56. The van der Waals surface area contributed by atoms with E-state index in [1.165, 1.54) is 0 Å². The highest BCUT2D eigenvalue weighted by Crippen LogP contribution is 2.88. The predicted molar refractivity (Wildman–Crippen MR) is 215 cm³/mol. The van der Waals surface area contributed by atoms with Crippen LogP contribution in [-0.2, 0) is 34.0 Å². The molecule has 7 rings (SSSR count). The molecule has 1 heterocycles. The number of allylic oxidation sites excluding steroid dienone is 1. The molecule has 6 aliphatic carbocycles. The number of ketones is 2. The molecular formula is C45H69N3O7S. The normalized spacial score (nSPS) is 32.9. The number of rotatable bonds is 14. The molecule has 1 saturated heterocycles. The van der Waals surface area contributed by atoms with E-state index in [2.05, 4.69) is 30.5 Å². The molecule has 7 fully saturated rings. The number of Topliss-reactive ketones (excluding diaryl/α,β-unsaturated/α-hetero) is 2. The lowest BCUT2D eigenvalue weighted by atomic mass is 9.72. The third kappa shape index (κ3) is 6.83. The number of likely N-dealkylation sites (tertiary alicyclic amines) is 1. The molecule has 312 valence electrons. The molecule has 10 nitrogen and oxygen atoms in total. The molecular weight excluding hydrogens is 727 g/mol. The van der Waals surface area contributed by atoms with Crippen LogP contribution in [0.15, 0.2) is 12.7 Å². The topological polar surface area (TPSA) is 147 Å². The lowest BCUT2D eigenvalue weighted by Gasteiger charge is -2.38. The van der Waals surface area contributed by atoms with Gasteiger partial charge >= 0.3 is 0 Å². The average molecular weight is 796 g/mol. The van der Waals surface area contributed by atoms with Crippen molar-refractivity contribution in [1.82, 2.24) is 14.9 Å². The van der Waals surface area contributed by atoms with E-state index in [0.717, 1.165) is 83.5 Å². The molecule has 0 aromatic heterocycles. The van der Waals surface area contributed by atoms with Crippen LogP contribution in [-0.4, -0.2) is 66.5 Å². The Kier molecular flexibility index (Phi) is 10.6. The van der Waals surface area contributed by atoms with Gasteiger partial charge in [-0.1, -0.05) is 92.6 Å². The van der Waals surface area contributed by atoms with Crippen molar-refractivity contribution in [2.24, 2.45) is 50.2 Å². The van der Waals surface area contributed by atoms with Crippen LogP contribution in [0.2, 0.25) is 0 Å². The van der Waals surface area contributed by atoms with E-state index in [-0.39, 0.29) is 64.3 Å². The van der Waals surface area contributed by atoms with Crippen LogP contribution in [0.1, 0.15) is 164 Å². The van der Waals surface area contributed by atoms with Crippen molar-refractivity contribution in [1.29, 1.82) is 0 Å². The van der Waals surface area contributed by atoms with Crippen molar-refractivity contribution < 1.29 is 32.4 Å². The molecule has 1 aliphatic heterocycles. The summed E-state index contributed by atoms with van der Waals surface area (Å²) in [5.41, 5.74) is -2.62. The first-order valence-corrected chi connectivity index (χ1v) is 23.6. The Bertz CT molecular complexity index is 1740. The van der Waals surface area contributed by atoms with Gasteiger partial charge in [-0.25, -0.2) is 8.42 Å². The molecule has 2 spiro atoms. The standard InChI is InChI=1S/C45H69N3O7S/c1-8-30-25-43(30,39(53)47-56(54,55)31-18-19-31)27-35(50)33-26-45(41(5,6)44(45)22-15-23-44)28-48(33)37(51)32(40(2,3)4)24-34(49)36(29-16-11-9-12-17-29)46-38(52)42(7)20-13-10-14-21-42/h8,29-33,36H,1,9-28H2,2-7H3,(H,46,52)(H,47,53)/t30-,32-,33+,36?,43-,45-/m1/s1. The van der Waals surface area contributed by atoms with Gasteiger partial charge in [-0.3, -0.25) is 28.7 Å². The zero-order valence-electron chi connectivity index (χ0n) is 35.1. The summed E-state index contributed by atoms with van der Waals surface area (Å²) in [6.07, 6.45) is 16.2. The van der Waals surface area contributed by atoms with Gasteiger partial charge in [-0.2, -0.15) is 0 Å². The quantitative estimate of drug-likeness (QED) is 0.177. The molecule has 3 amide bonds. The van der Waals surface area contributed by atoms with Crippen molar-refractivity contribution in [2.45, 2.75) is 181 Å². The summed E-state index contributed by atoms with van der Waals surface area (Å²) in [7, 11) is -3.82. The van der Waals surface area contributed by atoms with Crippen molar-refractivity contribution in [3.05, 3.63) is 12.7 Å². The van der Waals surface area contributed by atoms with Gasteiger partial charge in [0, 0.05) is 36.1 Å². The zero-order valence-corrected chi connectivity index (χ0v) is 35.9. The van der Waals surface area contributed by atoms with Crippen LogP contribution in [0, 0.1) is 50.2 Å². The Morgan fingerprint density at radius 3 is 1.96 bits per heavy atom. The second-order valence-corrected chi connectivity index (χ2v) is 23.4. The Morgan fingerprint density at radius 1 is 0.821 bits per heavy atom. The molecule has 0 aromatic rings. The summed E-state index contributed by atoms with van der Waals surface area (Å²) in [5.74, 6) is -2.26. The molecule has 6 atom stereocenters. The summed E-state index contributed by atoms with van der Waals surface area (Å²) in [6, 6.07) is -1.43. The Labute approximate surface area is 335 Å². The van der Waals surface area contributed by atoms with Gasteiger partial charge in [-0.15, -0.1) is 6.58 Å². The van der Waals surface area contributed by atoms with Crippen molar-refractivity contribution >= 4 is 39.3 Å². The predicted octanol–water partition coefficient (Wildman–Crippen LogP) is 7.20. The first-order chi connectivity index (χ1) is 26.2. The van der Waals surface area contributed by atoms with Gasteiger partial charge in [0.05, 0.1) is 22.7 Å². The molecule has 0 radical (unpaired) electrons. The molecule has 56 heavy (non-hydrogen) atoms. The summed E-state index contributed by atoms with van der Waals surface area (Å²) in [6.45, 7) is 16.8. The van der Waals surface area contributed by atoms with Crippen molar-refractivity contribution in [3.8, 4) is 0 Å². The molecule has 6 saturated carbocycles. The average Bonchev–Trinajstić information content (AvgIpc) is 4.07. The maximum absolute atomic E-state index is 15.3. The minimum Gasteiger partial charge on any atom is -0.346 e. The van der Waals surface area contributed by atoms with E-state index in [1.807, 2.05) is 27.7 Å². The number of amides is 3. The van der Waals surface area contributed by atoms with Crippen LogP contribution < -0.4 is 10.0 Å². The lowest BCUT2D eigenvalue weighted by Crippen LogP contribution is -2.53. The van der Waals surface area contributed by atoms with Crippen LogP contribution in [0.3, 0.4) is 0 Å². The van der Waals surface area contributed by atoms with E-state index >= 15 is 4.79 Å². The number of carbonyl (C=O) groups is 5. The lowest BCUT2D eigenvalue weighted by molar-refractivity contribution is -0.147. The number of hydrogen-bond donors (Lipinski definition) is 2. The highest BCUT2D eigenvalue weighted by Gasteiger charge is 2.85. The van der Waals surface area contributed by atoms with E-state index in [0.29, 0.717) is 32.2 Å². The SMILES string of the molecule is C=C[C@@H]1C[C@]1(CC(=O)[C@@H]1C[C@@]2(CN1C(=O)[C@@H](CC(=O)C(NC(=O)C1(C)CCCCC1)C1CCCCC1)C(C)(C)C)C(C)(C)C21CCC1)C(=O)NS(=O)(=O)C1CC1. The summed E-state index contributed by atoms with van der Waals surface area (Å²) in [5, 5.41) is 2.70. The number of carbonyl (C=O) groups excluding carboxylic acids is 5. The zero-order chi connectivity index (χ0) is 40.7. The Balaban J connectivity index is 1.16. The smallest absolute Gasteiger partial charge is 0.240 e. The number of nitrogens with zero attached hydrogens (tertiary/aromatic N) is 1. The van der Waals surface area contributed by atoms with Crippen LogP contribution in [0.25, 0.3) is 0 Å². The molecule has 0 aromatic carbocycles. The third-order valence-corrected chi connectivity index (χ3v) is 18.9. The van der Waals surface area contributed by atoms with E-state index in [4.69, 9.17) is 0 Å². The van der Waals surface area contributed by atoms with Gasteiger partial charge < -0.3 is 10.2 Å². The molecule has 1 unspecified atom stereocenters. The summed E-state index contributed by atoms with van der Waals surface area (Å²) < 4.78 is 28.0. The fraction of sp³-hybridized carbons (Fsp3) is 0.844. The first-order valence-electron chi connectivity index (χ1n) is 22.0. The van der Waals surface area contributed by atoms with Gasteiger partial charge in [0.25, 0.3) is 0 Å². The van der Waals surface area contributed by atoms with Crippen molar-refractivity contribution in [3.63, 3.8) is 0 Å². The van der Waals surface area contributed by atoms with Gasteiger partial charge in [0.2, 0.25) is 27.7 Å². The van der Waals surface area contributed by atoms with Gasteiger partial charge in [0.15, 0.2) is 11.6 Å². The highest BCUT2D eigenvalue weighted by atomic mass is 32.2. The minimum atomic E-state index is -3.82. The number of nitrogens with one attached hydrogen (secondary N) is 2. The minimum absolute atomic E-state index is 0.0245. The number of hydrogen-bond acceptors (Lipinski definition) is 7. The van der Waals surface area contributed by atoms with Crippen LogP contribution >= 0.6 is 0 Å². The fourth-order valence-electron chi connectivity index (χ4n) is 12.5. The summed E-state index contributed by atoms with van der Waals surface area (Å²) in [4.78, 5) is 74.2. The van der Waals surface area contributed by atoms with Crippen LogP contribution in [0.4, 0.5) is 0 Å². The highest BCUT2D eigenvalue weighted by molar-refractivity contribution is 7.90. The first kappa shape index (κ1) is 41.6. The largest absolute Gasteiger partial charge is 0.346 e. The number of sulfonamides is 1. The van der Waals surface area contributed by atoms with Crippen molar-refractivity contribution in [2.75, 3.05) is 6.54 Å². The van der Waals surface area contributed by atoms with Gasteiger partial charge in [-0.05, 0) is 92.3 Å². The summed E-state index contributed by atoms with van der Waals surface area (Å²) >= 11 is 0. The Morgan fingerprint density at radius 2 is 1.45 bits per heavy atom. The molecule has 7 aliphatic rings. The van der Waals surface area contributed by atoms with Gasteiger partial charge in [0.1, 0.15) is 0 Å².